The predicted molar refractivity (Wildman–Crippen MR) is 97.7 cm³/mol. The topological polar surface area (TPSA) is 86.5 Å². The van der Waals surface area contributed by atoms with Gasteiger partial charge in [-0.3, -0.25) is 4.79 Å². The van der Waals surface area contributed by atoms with E-state index in [1.165, 1.54) is 23.1 Å². The third-order valence-corrected chi connectivity index (χ3v) is 5.24. The van der Waals surface area contributed by atoms with E-state index in [2.05, 4.69) is 15.5 Å². The van der Waals surface area contributed by atoms with Gasteiger partial charge in [0, 0.05) is 0 Å². The molecule has 1 aliphatic rings. The summed E-state index contributed by atoms with van der Waals surface area (Å²) in [5.41, 5.74) is 0. The van der Waals surface area contributed by atoms with Crippen LogP contribution in [0, 0.1) is 0 Å². The number of carbonyl (C=O) groups excluding carboxylic acids is 1. The molecule has 0 unspecified atom stereocenters. The number of thioether (sulfide) groups is 1. The summed E-state index contributed by atoms with van der Waals surface area (Å²) in [6, 6.07) is 11.3. The molecule has 1 atom stereocenters. The highest BCUT2D eigenvalue weighted by Crippen LogP contribution is 2.30. The van der Waals surface area contributed by atoms with E-state index in [1.54, 1.807) is 0 Å². The van der Waals surface area contributed by atoms with Crippen molar-refractivity contribution in [1.29, 1.82) is 0 Å². The highest BCUT2D eigenvalue weighted by molar-refractivity contribution is 7.99. The minimum Gasteiger partial charge on any atom is -0.486 e. The van der Waals surface area contributed by atoms with E-state index in [-0.39, 0.29) is 17.8 Å². The summed E-state index contributed by atoms with van der Waals surface area (Å²) in [7, 11) is 0. The molecule has 0 bridgehead atoms. The van der Waals surface area contributed by atoms with Crippen molar-refractivity contribution in [3.8, 4) is 22.3 Å². The number of nitrogens with zero attached hydrogens (tertiary/aromatic N) is 2. The Hall–Kier alpha value is -2.52. The molecule has 134 valence electrons. The van der Waals surface area contributed by atoms with Gasteiger partial charge in [0.15, 0.2) is 11.5 Å². The van der Waals surface area contributed by atoms with Crippen LogP contribution in [0.2, 0.25) is 0 Å². The Bertz CT molecular complexity index is 882. The third kappa shape index (κ3) is 4.00. The summed E-state index contributed by atoms with van der Waals surface area (Å²) in [6.45, 7) is 0.774. The number of benzene rings is 1. The van der Waals surface area contributed by atoms with Crippen molar-refractivity contribution in [3.63, 3.8) is 0 Å². The molecule has 2 aromatic heterocycles. The number of thiophene rings is 1. The summed E-state index contributed by atoms with van der Waals surface area (Å²) in [5.74, 6) is 1.95. The van der Waals surface area contributed by atoms with Crippen molar-refractivity contribution in [2.75, 3.05) is 18.9 Å². The molecule has 26 heavy (non-hydrogen) atoms. The molecule has 4 rings (SSSR count). The Morgan fingerprint density at radius 2 is 2.12 bits per heavy atom. The zero-order chi connectivity index (χ0) is 17.8. The normalized spacial score (nSPS) is 15.6. The van der Waals surface area contributed by atoms with Gasteiger partial charge in [-0.1, -0.05) is 30.0 Å². The van der Waals surface area contributed by atoms with Gasteiger partial charge in [-0.25, -0.2) is 0 Å². The van der Waals surface area contributed by atoms with E-state index in [0.29, 0.717) is 30.0 Å². The van der Waals surface area contributed by atoms with Crippen LogP contribution in [-0.4, -0.2) is 41.1 Å². The van der Waals surface area contributed by atoms with Crippen molar-refractivity contribution in [2.45, 2.75) is 11.3 Å². The lowest BCUT2D eigenvalue weighted by Crippen LogP contribution is -2.41. The van der Waals surface area contributed by atoms with Crippen LogP contribution in [0.1, 0.15) is 0 Å². The molecule has 0 spiro atoms. The number of nitrogens with one attached hydrogen (secondary N) is 1. The maximum absolute atomic E-state index is 12.0. The van der Waals surface area contributed by atoms with Crippen molar-refractivity contribution < 1.29 is 18.7 Å². The smallest absolute Gasteiger partial charge is 0.277 e. The van der Waals surface area contributed by atoms with Crippen molar-refractivity contribution in [2.24, 2.45) is 0 Å². The molecule has 1 aromatic carbocycles. The fourth-order valence-electron chi connectivity index (χ4n) is 2.34. The van der Waals surface area contributed by atoms with Gasteiger partial charge >= 0.3 is 0 Å². The average molecular weight is 389 g/mol. The first-order valence-electron chi connectivity index (χ1n) is 7.93. The number of para-hydroxylation sites is 2. The average Bonchev–Trinajstić information content (AvgIpc) is 3.36. The summed E-state index contributed by atoms with van der Waals surface area (Å²) < 4.78 is 17.0. The SMILES string of the molecule is O=C(CSc1nnc(-c2cccs2)o1)NC[C@@H]1COc2ccccc2O1. The Kier molecular flexibility index (Phi) is 5.07. The lowest BCUT2D eigenvalue weighted by molar-refractivity contribution is -0.119. The number of aromatic nitrogens is 2. The lowest BCUT2D eigenvalue weighted by Gasteiger charge is -2.26. The van der Waals surface area contributed by atoms with Gasteiger partial charge in [-0.2, -0.15) is 0 Å². The first kappa shape index (κ1) is 16.9. The van der Waals surface area contributed by atoms with Crippen LogP contribution in [0.4, 0.5) is 0 Å². The fraction of sp³-hybridized carbons (Fsp3) is 0.235. The third-order valence-electron chi connectivity index (χ3n) is 3.56. The monoisotopic (exact) mass is 389 g/mol. The van der Waals surface area contributed by atoms with Gasteiger partial charge in [0.05, 0.1) is 17.2 Å². The van der Waals surface area contributed by atoms with Crippen LogP contribution in [0.3, 0.4) is 0 Å². The van der Waals surface area contributed by atoms with Crippen LogP contribution in [0.25, 0.3) is 10.8 Å². The Balaban J connectivity index is 1.23. The second-order valence-electron chi connectivity index (χ2n) is 5.44. The van der Waals surface area contributed by atoms with Crippen LogP contribution in [0.15, 0.2) is 51.4 Å². The molecule has 0 radical (unpaired) electrons. The predicted octanol–water partition coefficient (Wildman–Crippen LogP) is 2.85. The van der Waals surface area contributed by atoms with E-state index in [9.17, 15) is 4.79 Å². The summed E-state index contributed by atoms with van der Waals surface area (Å²) in [4.78, 5) is 12.9. The molecule has 0 fully saturated rings. The highest BCUT2D eigenvalue weighted by Gasteiger charge is 2.21. The number of ether oxygens (including phenoxy) is 2. The van der Waals surface area contributed by atoms with Crippen molar-refractivity contribution >= 4 is 29.0 Å². The summed E-state index contributed by atoms with van der Waals surface area (Å²) in [5, 5.41) is 13.1. The van der Waals surface area contributed by atoms with E-state index >= 15 is 0 Å². The molecule has 1 aliphatic heterocycles. The van der Waals surface area contributed by atoms with Gasteiger partial charge in [-0.05, 0) is 23.6 Å². The molecule has 9 heteroatoms. The molecule has 7 nitrogen and oxygen atoms in total. The zero-order valence-corrected chi connectivity index (χ0v) is 15.2. The Morgan fingerprint density at radius 3 is 2.96 bits per heavy atom. The van der Waals surface area contributed by atoms with Crippen LogP contribution >= 0.6 is 23.1 Å². The van der Waals surface area contributed by atoms with E-state index in [4.69, 9.17) is 13.9 Å². The first-order chi connectivity index (χ1) is 12.8. The number of hydrogen-bond donors (Lipinski definition) is 1. The summed E-state index contributed by atoms with van der Waals surface area (Å²) >= 11 is 2.72. The van der Waals surface area contributed by atoms with Gasteiger partial charge in [-0.15, -0.1) is 21.5 Å². The number of fused-ring (bicyclic) bond motifs is 1. The number of rotatable bonds is 6. The van der Waals surface area contributed by atoms with Gasteiger partial charge in [0.25, 0.3) is 11.1 Å². The van der Waals surface area contributed by atoms with E-state index < -0.39 is 0 Å². The molecular formula is C17H15N3O4S2. The largest absolute Gasteiger partial charge is 0.486 e. The molecular weight excluding hydrogens is 374 g/mol. The molecule has 0 saturated heterocycles. The Morgan fingerprint density at radius 1 is 1.23 bits per heavy atom. The first-order valence-corrected chi connectivity index (χ1v) is 9.80. The molecule has 3 aromatic rings. The number of amides is 1. The van der Waals surface area contributed by atoms with Gasteiger partial charge < -0.3 is 19.2 Å². The van der Waals surface area contributed by atoms with Gasteiger partial charge in [0.1, 0.15) is 12.7 Å². The highest BCUT2D eigenvalue weighted by atomic mass is 32.2. The van der Waals surface area contributed by atoms with Crippen LogP contribution in [-0.2, 0) is 4.79 Å². The second kappa shape index (κ2) is 7.79. The van der Waals surface area contributed by atoms with Crippen molar-refractivity contribution in [1.82, 2.24) is 15.5 Å². The number of carbonyl (C=O) groups is 1. The van der Waals surface area contributed by atoms with Crippen LogP contribution < -0.4 is 14.8 Å². The maximum Gasteiger partial charge on any atom is 0.277 e. The van der Waals surface area contributed by atoms with Crippen molar-refractivity contribution in [3.05, 3.63) is 41.8 Å². The van der Waals surface area contributed by atoms with Gasteiger partial charge in [0.2, 0.25) is 5.91 Å². The van der Waals surface area contributed by atoms with Crippen LogP contribution in [0.5, 0.6) is 11.5 Å². The summed E-state index contributed by atoms with van der Waals surface area (Å²) in [6.07, 6.45) is -0.215. The molecule has 0 aliphatic carbocycles. The molecule has 1 amide bonds. The Labute approximate surface area is 157 Å². The molecule has 3 heterocycles. The molecule has 1 N–H and O–H groups in total. The minimum atomic E-state index is -0.215. The minimum absolute atomic E-state index is 0.131. The lowest BCUT2D eigenvalue weighted by atomic mass is 10.2. The standard InChI is InChI=1S/C17H15N3O4S2/c21-15(10-26-17-20-19-16(24-17)14-6-3-7-25-14)18-8-11-9-22-12-4-1-2-5-13(12)23-11/h1-7,11H,8-10H2,(H,18,21)/t11-/m1/s1. The second-order valence-corrected chi connectivity index (χ2v) is 7.32. The quantitative estimate of drug-likeness (QED) is 0.649. The van der Waals surface area contributed by atoms with E-state index in [0.717, 1.165) is 10.6 Å². The fourth-order valence-corrected chi connectivity index (χ4v) is 3.57. The molecule has 0 saturated carbocycles. The maximum atomic E-state index is 12.0. The van der Waals surface area contributed by atoms with E-state index in [1.807, 2.05) is 41.8 Å². The zero-order valence-electron chi connectivity index (χ0n) is 13.6. The number of hydrogen-bond acceptors (Lipinski definition) is 8.